The molecule has 1 aromatic carbocycles. The van der Waals surface area contributed by atoms with Crippen molar-refractivity contribution in [2.45, 2.75) is 44.7 Å². The minimum atomic E-state index is 0.762. The molecule has 1 aromatic heterocycles. The summed E-state index contributed by atoms with van der Waals surface area (Å²) in [7, 11) is 0. The Morgan fingerprint density at radius 3 is 2.30 bits per heavy atom. The third-order valence-electron chi connectivity index (χ3n) is 7.23. The molecule has 0 spiro atoms. The van der Waals surface area contributed by atoms with Gasteiger partial charge in [0, 0.05) is 31.5 Å². The lowest BCUT2D eigenvalue weighted by Gasteiger charge is -2.35. The van der Waals surface area contributed by atoms with Crippen LogP contribution in [0.1, 0.15) is 36.0 Å². The monoisotopic (exact) mass is 361 g/mol. The van der Waals surface area contributed by atoms with E-state index >= 15 is 0 Å². The normalized spacial score (nSPS) is 25.1. The van der Waals surface area contributed by atoms with Crippen LogP contribution in [0.4, 0.5) is 0 Å². The Morgan fingerprint density at radius 1 is 0.852 bits per heavy atom. The minimum absolute atomic E-state index is 0.762. The van der Waals surface area contributed by atoms with Crippen LogP contribution < -0.4 is 0 Å². The van der Waals surface area contributed by atoms with Crippen LogP contribution in [0.2, 0.25) is 0 Å². The topological polar surface area (TPSA) is 19.4 Å². The summed E-state index contributed by atoms with van der Waals surface area (Å²) in [6, 6.07) is 14.1. The molecule has 2 fully saturated rings. The van der Waals surface area contributed by atoms with Crippen molar-refractivity contribution in [3.05, 3.63) is 65.5 Å². The van der Waals surface area contributed by atoms with E-state index in [0.717, 1.165) is 24.4 Å². The number of hydrogen-bond donors (Lipinski definition) is 0. The molecule has 3 aliphatic rings. The summed E-state index contributed by atoms with van der Waals surface area (Å²) >= 11 is 0. The lowest BCUT2D eigenvalue weighted by Crippen LogP contribution is -2.38. The summed E-state index contributed by atoms with van der Waals surface area (Å²) in [4.78, 5) is 9.69. The van der Waals surface area contributed by atoms with Crippen LogP contribution in [0.25, 0.3) is 0 Å². The van der Waals surface area contributed by atoms with Crippen molar-refractivity contribution >= 4 is 0 Å². The van der Waals surface area contributed by atoms with Gasteiger partial charge in [-0.1, -0.05) is 30.3 Å². The first-order valence-corrected chi connectivity index (χ1v) is 10.8. The van der Waals surface area contributed by atoms with Gasteiger partial charge in [0.25, 0.3) is 0 Å². The number of likely N-dealkylation sites (tertiary alicyclic amines) is 2. The van der Waals surface area contributed by atoms with E-state index in [2.05, 4.69) is 51.2 Å². The van der Waals surface area contributed by atoms with Crippen LogP contribution in [-0.2, 0) is 19.4 Å². The van der Waals surface area contributed by atoms with Gasteiger partial charge in [0.2, 0.25) is 0 Å². The first-order chi connectivity index (χ1) is 13.3. The summed E-state index contributed by atoms with van der Waals surface area (Å²) in [5, 5.41) is 0. The van der Waals surface area contributed by atoms with E-state index in [4.69, 9.17) is 0 Å². The van der Waals surface area contributed by atoms with Crippen molar-refractivity contribution in [1.29, 1.82) is 0 Å². The Labute approximate surface area is 163 Å². The highest BCUT2D eigenvalue weighted by Gasteiger charge is 2.36. The molecular formula is C24H31N3. The number of benzene rings is 1. The number of aromatic nitrogens is 1. The lowest BCUT2D eigenvalue weighted by atomic mass is 9.83. The fraction of sp³-hybridized carbons (Fsp3) is 0.542. The predicted molar refractivity (Wildman–Crippen MR) is 110 cm³/mol. The van der Waals surface area contributed by atoms with E-state index in [0.29, 0.717) is 0 Å². The van der Waals surface area contributed by atoms with Gasteiger partial charge in [0.05, 0.1) is 0 Å². The fourth-order valence-electron chi connectivity index (χ4n) is 5.66. The zero-order chi connectivity index (χ0) is 18.1. The lowest BCUT2D eigenvalue weighted by molar-refractivity contribution is 0.137. The number of pyridine rings is 1. The quantitative estimate of drug-likeness (QED) is 0.826. The maximum absolute atomic E-state index is 4.26. The third-order valence-corrected chi connectivity index (χ3v) is 7.23. The van der Waals surface area contributed by atoms with Crippen molar-refractivity contribution < 1.29 is 0 Å². The second-order valence-corrected chi connectivity index (χ2v) is 8.85. The number of piperidine rings is 1. The zero-order valence-corrected chi connectivity index (χ0v) is 16.3. The number of rotatable bonds is 4. The fourth-order valence-corrected chi connectivity index (χ4v) is 5.66. The highest BCUT2D eigenvalue weighted by atomic mass is 15.2. The van der Waals surface area contributed by atoms with E-state index in [1.807, 2.05) is 12.4 Å². The molecule has 0 amide bonds. The molecule has 3 heteroatoms. The Morgan fingerprint density at radius 2 is 1.59 bits per heavy atom. The molecule has 5 rings (SSSR count). The maximum atomic E-state index is 4.26. The Bertz CT molecular complexity index is 726. The number of nitrogens with zero attached hydrogens (tertiary/aromatic N) is 3. The number of fused-ring (bicyclic) bond motifs is 1. The molecule has 0 saturated carbocycles. The molecule has 2 aliphatic heterocycles. The van der Waals surface area contributed by atoms with Gasteiger partial charge in [-0.05, 0) is 86.3 Å². The Balaban J connectivity index is 1.11. The molecule has 1 unspecified atom stereocenters. The van der Waals surface area contributed by atoms with Gasteiger partial charge in [0.1, 0.15) is 0 Å². The summed E-state index contributed by atoms with van der Waals surface area (Å²) in [6.07, 6.45) is 10.6. The van der Waals surface area contributed by atoms with Gasteiger partial charge in [-0.3, -0.25) is 14.8 Å². The van der Waals surface area contributed by atoms with Crippen molar-refractivity contribution in [1.82, 2.24) is 14.8 Å². The van der Waals surface area contributed by atoms with Crippen LogP contribution in [0.3, 0.4) is 0 Å². The van der Waals surface area contributed by atoms with E-state index in [-0.39, 0.29) is 0 Å². The molecule has 2 aromatic rings. The van der Waals surface area contributed by atoms with Crippen molar-refractivity contribution in [2.75, 3.05) is 26.2 Å². The zero-order valence-electron chi connectivity index (χ0n) is 16.3. The molecule has 142 valence electrons. The smallest absolute Gasteiger partial charge is 0.0312 e. The van der Waals surface area contributed by atoms with Crippen LogP contribution >= 0.6 is 0 Å². The second kappa shape index (κ2) is 7.73. The van der Waals surface area contributed by atoms with Gasteiger partial charge >= 0.3 is 0 Å². The molecule has 0 radical (unpaired) electrons. The molecule has 1 aliphatic carbocycles. The minimum Gasteiger partial charge on any atom is -0.299 e. The molecule has 27 heavy (non-hydrogen) atoms. The van der Waals surface area contributed by atoms with Gasteiger partial charge in [-0.25, -0.2) is 0 Å². The first-order valence-electron chi connectivity index (χ1n) is 10.8. The molecule has 2 saturated heterocycles. The van der Waals surface area contributed by atoms with E-state index in [1.165, 1.54) is 63.8 Å². The van der Waals surface area contributed by atoms with Crippen LogP contribution in [0.15, 0.2) is 48.8 Å². The van der Waals surface area contributed by atoms with Crippen molar-refractivity contribution in [3.8, 4) is 0 Å². The highest BCUT2D eigenvalue weighted by Crippen LogP contribution is 2.35. The molecule has 3 heterocycles. The summed E-state index contributed by atoms with van der Waals surface area (Å²) in [5.74, 6) is 1.86. The average Bonchev–Trinajstić information content (AvgIpc) is 3.36. The van der Waals surface area contributed by atoms with E-state index < -0.39 is 0 Å². The summed E-state index contributed by atoms with van der Waals surface area (Å²) in [6.45, 7) is 6.23. The third kappa shape index (κ3) is 3.81. The van der Waals surface area contributed by atoms with Gasteiger partial charge in [-0.15, -0.1) is 0 Å². The van der Waals surface area contributed by atoms with Crippen molar-refractivity contribution in [3.63, 3.8) is 0 Å². The van der Waals surface area contributed by atoms with Gasteiger partial charge < -0.3 is 0 Å². The van der Waals surface area contributed by atoms with Crippen LogP contribution in [-0.4, -0.2) is 47.0 Å². The van der Waals surface area contributed by atoms with Gasteiger partial charge in [-0.2, -0.15) is 0 Å². The molecule has 0 bridgehead atoms. The summed E-state index contributed by atoms with van der Waals surface area (Å²) < 4.78 is 0. The largest absolute Gasteiger partial charge is 0.299 e. The standard InChI is InChI=1S/C24H31N3/c1-2-6-22-15-24(14-21(22)5-1)27-13-9-23(18-27)20-7-11-26(12-8-20)17-19-4-3-10-25-16-19/h1-6,10,16,20,23-24H,7-9,11-15,17-18H2. The first kappa shape index (κ1) is 17.4. The maximum Gasteiger partial charge on any atom is 0.0312 e. The average molecular weight is 362 g/mol. The molecular weight excluding hydrogens is 330 g/mol. The van der Waals surface area contributed by atoms with Crippen LogP contribution in [0, 0.1) is 11.8 Å². The SMILES string of the molecule is c1cncc(CN2CCC(C3CCN(C4Cc5ccccc5C4)C3)CC2)c1. The molecule has 0 N–H and O–H groups in total. The van der Waals surface area contributed by atoms with E-state index in [1.54, 1.807) is 11.1 Å². The Hall–Kier alpha value is -1.71. The molecule has 3 nitrogen and oxygen atoms in total. The van der Waals surface area contributed by atoms with Gasteiger partial charge in [0.15, 0.2) is 0 Å². The van der Waals surface area contributed by atoms with Crippen molar-refractivity contribution in [2.24, 2.45) is 11.8 Å². The summed E-state index contributed by atoms with van der Waals surface area (Å²) in [5.41, 5.74) is 4.54. The Kier molecular flexibility index (Phi) is 4.98. The molecule has 1 atom stereocenters. The number of hydrogen-bond acceptors (Lipinski definition) is 3. The van der Waals surface area contributed by atoms with E-state index in [9.17, 15) is 0 Å². The second-order valence-electron chi connectivity index (χ2n) is 8.85. The highest BCUT2D eigenvalue weighted by molar-refractivity contribution is 5.33. The predicted octanol–water partition coefficient (Wildman–Crippen LogP) is 3.78. The van der Waals surface area contributed by atoms with Crippen LogP contribution in [0.5, 0.6) is 0 Å².